The Bertz CT molecular complexity index is 1360. The summed E-state index contributed by atoms with van der Waals surface area (Å²) in [5.41, 5.74) is 4.11. The number of hydrogen-bond donors (Lipinski definition) is 2. The van der Waals surface area contributed by atoms with Gasteiger partial charge in [-0.2, -0.15) is 11.8 Å². The van der Waals surface area contributed by atoms with E-state index in [1.807, 2.05) is 42.4 Å². The number of nitrogens with zero attached hydrogens (tertiary/aromatic N) is 2. The molecule has 3 amide bonds. The third-order valence-corrected chi connectivity index (χ3v) is 9.15. The van der Waals surface area contributed by atoms with Crippen LogP contribution in [0, 0.1) is 13.8 Å². The summed E-state index contributed by atoms with van der Waals surface area (Å²) in [6.45, 7) is 4.39. The number of benzene rings is 2. The van der Waals surface area contributed by atoms with Crippen molar-refractivity contribution < 1.29 is 23.7 Å². The molecule has 206 valence electrons. The van der Waals surface area contributed by atoms with Crippen LogP contribution in [-0.4, -0.2) is 56.0 Å². The SMILES string of the molecule is COc1ccc2cc(-c3cc(C)[n+](N(C)C(=O)OCCCCC[C@@H]4SCC5NC(=O)N[C@@H]54)c(C)c3)ccc2c1. The van der Waals surface area contributed by atoms with Crippen LogP contribution in [0.15, 0.2) is 48.5 Å². The molecule has 0 aliphatic carbocycles. The van der Waals surface area contributed by atoms with Crippen molar-refractivity contribution in [3.05, 3.63) is 59.9 Å². The van der Waals surface area contributed by atoms with E-state index in [0.717, 1.165) is 70.5 Å². The van der Waals surface area contributed by atoms with Crippen LogP contribution in [0.3, 0.4) is 0 Å². The van der Waals surface area contributed by atoms with E-state index in [2.05, 4.69) is 47.0 Å². The molecule has 2 aromatic carbocycles. The monoisotopic (exact) mass is 549 g/mol. The molecule has 0 saturated carbocycles. The van der Waals surface area contributed by atoms with Crippen molar-refractivity contribution in [2.24, 2.45) is 0 Å². The van der Waals surface area contributed by atoms with Crippen molar-refractivity contribution in [2.75, 3.05) is 31.5 Å². The number of fused-ring (bicyclic) bond motifs is 2. The molecule has 0 radical (unpaired) electrons. The fourth-order valence-electron chi connectivity index (χ4n) is 5.66. The second-order valence-corrected chi connectivity index (χ2v) is 11.6. The maximum atomic E-state index is 12.8. The topological polar surface area (TPSA) is 83.8 Å². The van der Waals surface area contributed by atoms with E-state index in [1.165, 1.54) is 5.01 Å². The van der Waals surface area contributed by atoms with E-state index in [-0.39, 0.29) is 24.2 Å². The highest BCUT2D eigenvalue weighted by Gasteiger charge is 2.42. The number of aryl methyl sites for hydroxylation is 2. The molecule has 0 bridgehead atoms. The highest BCUT2D eigenvalue weighted by molar-refractivity contribution is 8.00. The summed E-state index contributed by atoms with van der Waals surface area (Å²) in [5.74, 6) is 1.82. The Labute approximate surface area is 234 Å². The van der Waals surface area contributed by atoms with Gasteiger partial charge in [0.05, 0.1) is 32.8 Å². The van der Waals surface area contributed by atoms with Crippen LogP contribution in [0.1, 0.15) is 37.1 Å². The smallest absolute Gasteiger partial charge is 0.463 e. The van der Waals surface area contributed by atoms with Crippen molar-refractivity contribution in [1.29, 1.82) is 0 Å². The molecule has 8 nitrogen and oxygen atoms in total. The molecular weight excluding hydrogens is 512 g/mol. The van der Waals surface area contributed by atoms with Crippen molar-refractivity contribution in [3.8, 4) is 16.9 Å². The fourth-order valence-corrected chi connectivity index (χ4v) is 7.21. The van der Waals surface area contributed by atoms with Crippen LogP contribution in [0.4, 0.5) is 9.59 Å². The molecule has 9 heteroatoms. The number of aromatic nitrogens is 1. The van der Waals surface area contributed by atoms with E-state index in [4.69, 9.17) is 9.47 Å². The number of thioether (sulfide) groups is 1. The first-order valence-corrected chi connectivity index (χ1v) is 14.6. The average Bonchev–Trinajstić information content (AvgIpc) is 3.48. The molecule has 5 rings (SSSR count). The number of nitrogens with one attached hydrogen (secondary N) is 2. The summed E-state index contributed by atoms with van der Waals surface area (Å²) < 4.78 is 12.8. The highest BCUT2D eigenvalue weighted by atomic mass is 32.2. The first kappa shape index (κ1) is 27.1. The van der Waals surface area contributed by atoms with Crippen LogP contribution in [0.2, 0.25) is 0 Å². The van der Waals surface area contributed by atoms with Gasteiger partial charge >= 0.3 is 12.1 Å². The van der Waals surface area contributed by atoms with Gasteiger partial charge in [-0.25, -0.2) is 9.59 Å². The Morgan fingerprint density at radius 1 is 1.00 bits per heavy atom. The molecule has 0 spiro atoms. The Kier molecular flexibility index (Phi) is 8.16. The number of carbonyl (C=O) groups excluding carboxylic acids is 2. The number of amides is 3. The second kappa shape index (κ2) is 11.7. The summed E-state index contributed by atoms with van der Waals surface area (Å²) in [5, 5.41) is 10.3. The van der Waals surface area contributed by atoms with Crippen LogP contribution in [0.25, 0.3) is 21.9 Å². The first-order valence-electron chi connectivity index (χ1n) is 13.5. The van der Waals surface area contributed by atoms with Gasteiger partial charge in [-0.1, -0.05) is 40.7 Å². The molecule has 2 saturated heterocycles. The number of unbranched alkanes of at least 4 members (excludes halogenated alkanes) is 2. The quantitative estimate of drug-likeness (QED) is 0.227. The molecule has 2 aliphatic rings. The van der Waals surface area contributed by atoms with Crippen molar-refractivity contribution in [1.82, 2.24) is 10.6 Å². The zero-order valence-corrected chi connectivity index (χ0v) is 23.8. The summed E-state index contributed by atoms with van der Waals surface area (Å²) in [6.07, 6.45) is 3.57. The lowest BCUT2D eigenvalue weighted by Gasteiger charge is -2.17. The minimum Gasteiger partial charge on any atom is -0.497 e. The van der Waals surface area contributed by atoms with Gasteiger partial charge < -0.3 is 20.1 Å². The minimum absolute atomic E-state index is 0.0422. The third kappa shape index (κ3) is 5.93. The number of methoxy groups -OCH3 is 1. The number of ether oxygens (including phenoxy) is 2. The van der Waals surface area contributed by atoms with E-state index >= 15 is 0 Å². The Morgan fingerprint density at radius 3 is 2.51 bits per heavy atom. The summed E-state index contributed by atoms with van der Waals surface area (Å²) >= 11 is 1.93. The molecule has 3 aromatic rings. The lowest BCUT2D eigenvalue weighted by Crippen LogP contribution is -2.62. The molecule has 2 aliphatic heterocycles. The number of pyridine rings is 1. The van der Waals surface area contributed by atoms with Crippen LogP contribution >= 0.6 is 11.8 Å². The molecule has 39 heavy (non-hydrogen) atoms. The predicted molar refractivity (Wildman–Crippen MR) is 155 cm³/mol. The summed E-state index contributed by atoms with van der Waals surface area (Å²) in [7, 11) is 3.42. The standard InChI is InChI=1S/C30H36N4O4S/c1-19-14-24(22-9-10-23-17-25(37-4)12-11-21(23)16-22)15-20(2)34(19)33(3)30(36)38-13-7-5-6-8-27-28-26(18-39-27)31-29(35)32-28/h9-12,14-17,26-28H,5-8,13,18H2,1-4H3,(H-,31,32,35)/p+1/t26?,27-,28-/m0/s1. The number of carbonyl (C=O) groups is 2. The molecule has 3 atom stereocenters. The van der Waals surface area contributed by atoms with E-state index in [1.54, 1.807) is 14.2 Å². The molecule has 2 N–H and O–H groups in total. The molecular formula is C30H37N4O4S+. The fraction of sp³-hybridized carbons (Fsp3) is 0.433. The zero-order chi connectivity index (χ0) is 27.5. The van der Waals surface area contributed by atoms with Crippen molar-refractivity contribution >= 4 is 34.7 Å². The van der Waals surface area contributed by atoms with Crippen LogP contribution < -0.4 is 25.1 Å². The van der Waals surface area contributed by atoms with Gasteiger partial charge in [-0.15, -0.1) is 0 Å². The van der Waals surface area contributed by atoms with Crippen LogP contribution in [-0.2, 0) is 4.74 Å². The zero-order valence-electron chi connectivity index (χ0n) is 23.0. The lowest BCUT2D eigenvalue weighted by molar-refractivity contribution is -0.692. The molecule has 1 unspecified atom stereocenters. The number of urea groups is 1. The van der Waals surface area contributed by atoms with Crippen LogP contribution in [0.5, 0.6) is 5.75 Å². The Hall–Kier alpha value is -3.46. The van der Waals surface area contributed by atoms with Crippen molar-refractivity contribution in [2.45, 2.75) is 56.9 Å². The van der Waals surface area contributed by atoms with Gasteiger partial charge in [0.1, 0.15) is 5.75 Å². The van der Waals surface area contributed by atoms with Gasteiger partial charge in [0.2, 0.25) is 11.4 Å². The van der Waals surface area contributed by atoms with E-state index < -0.39 is 0 Å². The number of hydrogen-bond acceptors (Lipinski definition) is 5. The maximum absolute atomic E-state index is 12.8. The highest BCUT2D eigenvalue weighted by Crippen LogP contribution is 2.33. The summed E-state index contributed by atoms with van der Waals surface area (Å²) in [6, 6.07) is 17.1. The van der Waals surface area contributed by atoms with E-state index in [9.17, 15) is 9.59 Å². The molecule has 1 aromatic heterocycles. The largest absolute Gasteiger partial charge is 0.497 e. The van der Waals surface area contributed by atoms with Gasteiger partial charge in [0, 0.05) is 37.0 Å². The first-order chi connectivity index (χ1) is 18.8. The second-order valence-electron chi connectivity index (χ2n) is 10.4. The number of rotatable bonds is 9. The Balaban J connectivity index is 1.13. The van der Waals surface area contributed by atoms with Gasteiger partial charge in [0.25, 0.3) is 0 Å². The normalized spacial score (nSPS) is 19.9. The van der Waals surface area contributed by atoms with Crippen molar-refractivity contribution in [3.63, 3.8) is 0 Å². The van der Waals surface area contributed by atoms with Gasteiger partial charge in [-0.05, 0) is 52.9 Å². The predicted octanol–water partition coefficient (Wildman–Crippen LogP) is 4.85. The molecule has 3 heterocycles. The van der Waals surface area contributed by atoms with E-state index in [0.29, 0.717) is 11.9 Å². The third-order valence-electron chi connectivity index (χ3n) is 7.64. The van der Waals surface area contributed by atoms with Gasteiger partial charge in [-0.3, -0.25) is 0 Å². The lowest BCUT2D eigenvalue weighted by atomic mass is 10.0. The molecule has 2 fully saturated rings. The average molecular weight is 550 g/mol. The summed E-state index contributed by atoms with van der Waals surface area (Å²) in [4.78, 5) is 24.4. The Morgan fingerprint density at radius 2 is 1.74 bits per heavy atom. The van der Waals surface area contributed by atoms with Gasteiger partial charge in [0.15, 0.2) is 0 Å². The minimum atomic E-state index is -0.368. The maximum Gasteiger partial charge on any atom is 0.463 e.